The molecule has 7 heteroatoms. The fourth-order valence-electron chi connectivity index (χ4n) is 5.35. The molecule has 0 aromatic carbocycles. The molecule has 4 unspecified atom stereocenters. The van der Waals surface area contributed by atoms with Gasteiger partial charge in [0.05, 0.1) is 35.9 Å². The number of hydrogen-bond donors (Lipinski definition) is 0. The van der Waals surface area contributed by atoms with Crippen LogP contribution in [0.1, 0.15) is 183 Å². The number of hydrogen-bond acceptors (Lipinski definition) is 7. The van der Waals surface area contributed by atoms with Crippen molar-refractivity contribution in [2.45, 2.75) is 183 Å². The van der Waals surface area contributed by atoms with Crippen molar-refractivity contribution in [2.24, 2.45) is 23.7 Å². The summed E-state index contributed by atoms with van der Waals surface area (Å²) in [6.45, 7) is 12.9. The summed E-state index contributed by atoms with van der Waals surface area (Å²) in [5, 5.41) is 0. The highest BCUT2D eigenvalue weighted by Crippen LogP contribution is 2.24. The van der Waals surface area contributed by atoms with E-state index in [1.165, 1.54) is 114 Å². The van der Waals surface area contributed by atoms with Crippen LogP contribution in [-0.2, 0) is 18.0 Å². The summed E-state index contributed by atoms with van der Waals surface area (Å²) < 4.78 is 11.1. The highest BCUT2D eigenvalue weighted by atomic mass is 32.2. The van der Waals surface area contributed by atoms with E-state index in [4.69, 9.17) is 20.6 Å². The van der Waals surface area contributed by atoms with Crippen molar-refractivity contribution in [1.29, 1.82) is 0 Å². The molecule has 0 radical (unpaired) electrons. The van der Waals surface area contributed by atoms with Crippen LogP contribution in [-0.4, -0.2) is 28.3 Å². The molecule has 0 bridgehead atoms. The highest BCUT2D eigenvalue weighted by molar-refractivity contribution is 7.95. The molecule has 0 saturated carbocycles. The van der Waals surface area contributed by atoms with E-state index in [-0.39, 0.29) is 23.8 Å². The van der Waals surface area contributed by atoms with E-state index in [0.29, 0.717) is 11.8 Å². The lowest BCUT2D eigenvalue weighted by molar-refractivity contribution is -0.138. The van der Waals surface area contributed by atoms with Crippen LogP contribution < -0.4 is 0 Å². The standard InChI is InChI=1S/C37H70O4S3/c1-7-11-13-15-17-19-25-33(9-3)29-43-40-36(38)31(5)23-21-27-35(42)28-22-24-32(6)37(39)41-44-30-34(10-4)26-20-18-16-14-12-8-2/h31-34H,7-30H2,1-6H3. The summed E-state index contributed by atoms with van der Waals surface area (Å²) in [6, 6.07) is 0. The Morgan fingerprint density at radius 3 is 1.27 bits per heavy atom. The van der Waals surface area contributed by atoms with Crippen LogP contribution in [0.25, 0.3) is 0 Å². The van der Waals surface area contributed by atoms with Gasteiger partial charge in [-0.05, 0) is 68.1 Å². The molecule has 0 amide bonds. The zero-order valence-electron chi connectivity index (χ0n) is 29.6. The molecule has 0 saturated heterocycles. The van der Waals surface area contributed by atoms with E-state index < -0.39 is 0 Å². The van der Waals surface area contributed by atoms with Crippen LogP contribution in [0.3, 0.4) is 0 Å². The normalized spacial score (nSPS) is 14.1. The van der Waals surface area contributed by atoms with Crippen molar-refractivity contribution in [3.8, 4) is 0 Å². The van der Waals surface area contributed by atoms with Crippen molar-refractivity contribution in [1.82, 2.24) is 0 Å². The zero-order valence-corrected chi connectivity index (χ0v) is 32.1. The maximum Gasteiger partial charge on any atom is 0.320 e. The monoisotopic (exact) mass is 674 g/mol. The van der Waals surface area contributed by atoms with Crippen LogP contribution in [0.4, 0.5) is 0 Å². The molecule has 4 nitrogen and oxygen atoms in total. The molecule has 0 aromatic rings. The maximum atomic E-state index is 12.5. The Bertz CT molecular complexity index is 646. The SMILES string of the molecule is CCCCCCCCC(CC)CSOC(=O)C(C)CCCC(=S)CCCC(C)C(=O)OSCC(CC)CCCCCCCC. The molecule has 0 fully saturated rings. The number of carbonyl (C=O) groups excluding carboxylic acids is 2. The maximum absolute atomic E-state index is 12.5. The minimum Gasteiger partial charge on any atom is -0.391 e. The summed E-state index contributed by atoms with van der Waals surface area (Å²) in [5.41, 5.74) is 0. The largest absolute Gasteiger partial charge is 0.391 e. The molecular formula is C37H70O4S3. The third-order valence-electron chi connectivity index (χ3n) is 8.97. The fraction of sp³-hybridized carbons (Fsp3) is 0.919. The van der Waals surface area contributed by atoms with Gasteiger partial charge >= 0.3 is 11.9 Å². The molecule has 4 atom stereocenters. The lowest BCUT2D eigenvalue weighted by atomic mass is 9.99. The van der Waals surface area contributed by atoms with Crippen molar-refractivity contribution in [3.63, 3.8) is 0 Å². The summed E-state index contributed by atoms with van der Waals surface area (Å²) in [4.78, 5) is 26.0. The van der Waals surface area contributed by atoms with E-state index in [1.807, 2.05) is 13.8 Å². The molecule has 260 valence electrons. The van der Waals surface area contributed by atoms with Crippen LogP contribution in [0.2, 0.25) is 0 Å². The van der Waals surface area contributed by atoms with E-state index in [2.05, 4.69) is 27.7 Å². The second-order valence-electron chi connectivity index (χ2n) is 13.2. The Morgan fingerprint density at radius 2 is 0.909 bits per heavy atom. The molecule has 0 rings (SSSR count). The molecule has 0 N–H and O–H groups in total. The topological polar surface area (TPSA) is 52.6 Å². The van der Waals surface area contributed by atoms with Crippen LogP contribution >= 0.6 is 36.3 Å². The predicted molar refractivity (Wildman–Crippen MR) is 199 cm³/mol. The van der Waals surface area contributed by atoms with E-state index in [9.17, 15) is 9.59 Å². The average molecular weight is 675 g/mol. The van der Waals surface area contributed by atoms with Gasteiger partial charge in [-0.1, -0.05) is 144 Å². The molecule has 0 aliphatic heterocycles. The zero-order chi connectivity index (χ0) is 32.8. The van der Waals surface area contributed by atoms with E-state index in [1.54, 1.807) is 0 Å². The Morgan fingerprint density at radius 1 is 0.545 bits per heavy atom. The molecule has 0 aliphatic carbocycles. The number of rotatable bonds is 32. The third-order valence-corrected chi connectivity index (χ3v) is 11.2. The minimum absolute atomic E-state index is 0.102. The van der Waals surface area contributed by atoms with Gasteiger partial charge in [-0.25, -0.2) is 0 Å². The highest BCUT2D eigenvalue weighted by Gasteiger charge is 2.18. The van der Waals surface area contributed by atoms with Gasteiger partial charge in [-0.2, -0.15) is 0 Å². The fourth-order valence-corrected chi connectivity index (χ4v) is 7.52. The van der Waals surface area contributed by atoms with Gasteiger partial charge in [0, 0.05) is 11.5 Å². The molecule has 0 heterocycles. The molecule has 0 spiro atoms. The van der Waals surface area contributed by atoms with Crippen LogP contribution in [0.5, 0.6) is 0 Å². The Balaban J connectivity index is 3.94. The molecule has 0 aliphatic rings. The smallest absolute Gasteiger partial charge is 0.320 e. The first-order valence-electron chi connectivity index (χ1n) is 18.5. The van der Waals surface area contributed by atoms with Gasteiger partial charge in [0.2, 0.25) is 0 Å². The number of unbranched alkanes of at least 4 members (excludes halogenated alkanes) is 10. The Kier molecular flexibility index (Phi) is 31.1. The quantitative estimate of drug-likeness (QED) is 0.0400. The van der Waals surface area contributed by atoms with Gasteiger partial charge in [0.25, 0.3) is 0 Å². The van der Waals surface area contributed by atoms with Crippen molar-refractivity contribution < 1.29 is 18.0 Å². The first-order chi connectivity index (χ1) is 21.3. The Hall–Kier alpha value is -0.270. The summed E-state index contributed by atoms with van der Waals surface area (Å²) in [5.74, 6) is 2.64. The van der Waals surface area contributed by atoms with Crippen molar-refractivity contribution in [2.75, 3.05) is 11.5 Å². The second-order valence-corrected chi connectivity index (χ2v) is 15.2. The molecule has 0 aromatic heterocycles. The second kappa shape index (κ2) is 31.3. The molecular weight excluding hydrogens is 605 g/mol. The van der Waals surface area contributed by atoms with Gasteiger partial charge < -0.3 is 8.37 Å². The van der Waals surface area contributed by atoms with Gasteiger partial charge in [-0.15, -0.1) is 0 Å². The minimum atomic E-state index is -0.104. The average Bonchev–Trinajstić information content (AvgIpc) is 3.02. The summed E-state index contributed by atoms with van der Waals surface area (Å²) >= 11 is 8.30. The number of carbonyl (C=O) groups is 2. The lowest BCUT2D eigenvalue weighted by Gasteiger charge is -2.15. The molecule has 44 heavy (non-hydrogen) atoms. The van der Waals surface area contributed by atoms with Gasteiger partial charge in [-0.3, -0.25) is 9.59 Å². The first-order valence-corrected chi connectivity index (χ1v) is 20.7. The Labute approximate surface area is 287 Å². The third kappa shape index (κ3) is 25.9. The van der Waals surface area contributed by atoms with Gasteiger partial charge in [0.1, 0.15) is 0 Å². The van der Waals surface area contributed by atoms with Crippen molar-refractivity contribution in [3.05, 3.63) is 0 Å². The summed E-state index contributed by atoms with van der Waals surface area (Å²) in [6.07, 6.45) is 25.8. The van der Waals surface area contributed by atoms with Crippen LogP contribution in [0, 0.1) is 23.7 Å². The summed E-state index contributed by atoms with van der Waals surface area (Å²) in [7, 11) is 0. The number of thiocarbonyl (C=S) groups is 1. The lowest BCUT2D eigenvalue weighted by Crippen LogP contribution is -2.14. The first kappa shape index (κ1) is 43.7. The van der Waals surface area contributed by atoms with E-state index >= 15 is 0 Å². The van der Waals surface area contributed by atoms with Crippen LogP contribution in [0.15, 0.2) is 0 Å². The van der Waals surface area contributed by atoms with Crippen molar-refractivity contribution >= 4 is 53.1 Å². The van der Waals surface area contributed by atoms with E-state index in [0.717, 1.165) is 67.7 Å². The predicted octanol–water partition coefficient (Wildman–Crippen LogP) is 12.9. The van der Waals surface area contributed by atoms with Gasteiger partial charge in [0.15, 0.2) is 0 Å².